The molecule has 0 bridgehead atoms. The Hall–Kier alpha value is -2.34. The van der Waals surface area contributed by atoms with E-state index in [0.29, 0.717) is 30.6 Å². The van der Waals surface area contributed by atoms with Crippen molar-refractivity contribution in [2.75, 3.05) is 38.5 Å². The van der Waals surface area contributed by atoms with E-state index in [1.807, 2.05) is 27.8 Å². The van der Waals surface area contributed by atoms with Crippen molar-refractivity contribution in [2.24, 2.45) is 13.0 Å². The Labute approximate surface area is 249 Å². The zero-order valence-corrected chi connectivity index (χ0v) is 25.7. The number of carbonyl (C=O) groups excluding carboxylic acids is 1. The molecule has 7 nitrogen and oxygen atoms in total. The van der Waals surface area contributed by atoms with E-state index in [-0.39, 0.29) is 17.4 Å². The van der Waals surface area contributed by atoms with E-state index >= 15 is 0 Å². The summed E-state index contributed by atoms with van der Waals surface area (Å²) >= 11 is 1.68. The number of carbonyl (C=O) groups is 1. The number of nitrogens with zero attached hydrogens (tertiary/aromatic N) is 5. The summed E-state index contributed by atoms with van der Waals surface area (Å²) in [7, 11) is 2.00. The maximum absolute atomic E-state index is 14.8. The lowest BCUT2D eigenvalue weighted by Gasteiger charge is -2.33. The number of halogens is 4. The summed E-state index contributed by atoms with van der Waals surface area (Å²) in [6, 6.07) is 3.04. The molecule has 12 heteroatoms. The number of hydrogen-bond acceptors (Lipinski definition) is 6. The van der Waals surface area contributed by atoms with Crippen molar-refractivity contribution in [2.45, 2.75) is 87.6 Å². The second kappa shape index (κ2) is 12.0. The lowest BCUT2D eigenvalue weighted by atomic mass is 9.88. The number of rotatable bonds is 7. The van der Waals surface area contributed by atoms with E-state index < -0.39 is 23.2 Å². The molecule has 0 radical (unpaired) electrons. The van der Waals surface area contributed by atoms with Crippen LogP contribution in [-0.4, -0.2) is 74.7 Å². The summed E-state index contributed by atoms with van der Waals surface area (Å²) in [5, 5.41) is 9.79. The van der Waals surface area contributed by atoms with Gasteiger partial charge in [0.2, 0.25) is 0 Å². The number of ether oxygens (including phenoxy) is 1. The molecular formula is C30H41F4N5O2S. The topological polar surface area (TPSA) is 63.5 Å². The van der Waals surface area contributed by atoms with E-state index in [9.17, 15) is 22.4 Å². The van der Waals surface area contributed by atoms with Crippen LogP contribution in [0.15, 0.2) is 23.4 Å². The van der Waals surface area contributed by atoms with Gasteiger partial charge in [0.15, 0.2) is 5.16 Å². The SMILES string of the molecule is Cn1c(SCCCN2CCC3CC3(c3ccc(C(F)(F)F)cc3F)CC2)nnc1C1CCN(C(=O)OC(C)(C)C)CC1. The van der Waals surface area contributed by atoms with Gasteiger partial charge in [-0.1, -0.05) is 17.8 Å². The molecule has 1 aromatic heterocycles. The van der Waals surface area contributed by atoms with Gasteiger partial charge in [-0.15, -0.1) is 10.2 Å². The zero-order valence-electron chi connectivity index (χ0n) is 24.8. The predicted octanol–water partition coefficient (Wildman–Crippen LogP) is 6.62. The van der Waals surface area contributed by atoms with E-state index in [0.717, 1.165) is 81.0 Å². The standard InChI is InChI=1S/C30H41F4N5O2S/c1-28(2,3)41-27(40)39-14-8-20(9-15-39)25-35-36-26(37(25)4)42-17-5-12-38-13-10-22-19-29(22,11-16-38)23-7-6-21(18-24(23)31)30(32,33)34/h6-7,18,20,22H,5,8-17,19H2,1-4H3. The maximum atomic E-state index is 14.8. The third-order valence-corrected chi connectivity index (χ3v) is 10.1. The smallest absolute Gasteiger partial charge is 0.416 e. The fraction of sp³-hybridized carbons (Fsp3) is 0.700. The molecule has 2 aliphatic heterocycles. The van der Waals surface area contributed by atoms with Crippen molar-refractivity contribution in [1.82, 2.24) is 24.6 Å². The number of aromatic nitrogens is 3. The number of thioether (sulfide) groups is 1. The third kappa shape index (κ3) is 6.90. The lowest BCUT2D eigenvalue weighted by molar-refractivity contribution is -0.137. The highest BCUT2D eigenvalue weighted by Gasteiger charge is 2.56. The Balaban J connectivity index is 1.06. The van der Waals surface area contributed by atoms with E-state index in [4.69, 9.17) is 4.74 Å². The molecule has 232 valence electrons. The highest BCUT2D eigenvalue weighted by molar-refractivity contribution is 7.99. The molecule has 42 heavy (non-hydrogen) atoms. The summed E-state index contributed by atoms with van der Waals surface area (Å²) in [5.41, 5.74) is -1.31. The largest absolute Gasteiger partial charge is 0.444 e. The average molecular weight is 612 g/mol. The highest BCUT2D eigenvalue weighted by atomic mass is 32.2. The summed E-state index contributed by atoms with van der Waals surface area (Å²) in [6.45, 7) is 9.55. The van der Waals surface area contributed by atoms with Crippen molar-refractivity contribution in [3.05, 3.63) is 41.0 Å². The van der Waals surface area contributed by atoms with Gasteiger partial charge in [0.05, 0.1) is 5.56 Å². The molecule has 3 aliphatic rings. The molecule has 3 heterocycles. The molecule has 0 spiro atoms. The van der Waals surface area contributed by atoms with Gasteiger partial charge < -0.3 is 19.1 Å². The lowest BCUT2D eigenvalue weighted by Crippen LogP contribution is -2.41. The first-order chi connectivity index (χ1) is 19.8. The normalized spacial score (nSPS) is 23.9. The minimum atomic E-state index is -4.54. The molecule has 1 aliphatic carbocycles. The summed E-state index contributed by atoms with van der Waals surface area (Å²) in [4.78, 5) is 16.5. The van der Waals surface area contributed by atoms with Gasteiger partial charge in [-0.2, -0.15) is 13.2 Å². The number of benzene rings is 1. The Bertz CT molecular complexity index is 1270. The fourth-order valence-corrected chi connectivity index (χ4v) is 7.40. The third-order valence-electron chi connectivity index (χ3n) is 8.96. The van der Waals surface area contributed by atoms with Crippen molar-refractivity contribution in [3.8, 4) is 0 Å². The first-order valence-corrected chi connectivity index (χ1v) is 15.8. The molecule has 0 N–H and O–H groups in total. The summed E-state index contributed by atoms with van der Waals surface area (Å²) in [5.74, 6) is 1.70. The number of amides is 1. The van der Waals surface area contributed by atoms with Gasteiger partial charge in [0.25, 0.3) is 0 Å². The van der Waals surface area contributed by atoms with Gasteiger partial charge in [-0.05, 0) is 103 Å². The average Bonchev–Trinajstić information content (AvgIpc) is 3.54. The fourth-order valence-electron chi connectivity index (χ4n) is 6.56. The van der Waals surface area contributed by atoms with Crippen LogP contribution in [0.2, 0.25) is 0 Å². The Morgan fingerprint density at radius 3 is 2.50 bits per heavy atom. The molecule has 1 saturated carbocycles. The monoisotopic (exact) mass is 611 g/mol. The van der Waals surface area contributed by atoms with E-state index in [2.05, 4.69) is 19.7 Å². The van der Waals surface area contributed by atoms with Crippen LogP contribution in [0, 0.1) is 11.7 Å². The number of alkyl halides is 3. The molecule has 2 aromatic rings. The molecule has 2 atom stereocenters. The molecular weight excluding hydrogens is 570 g/mol. The molecule has 2 unspecified atom stereocenters. The summed E-state index contributed by atoms with van der Waals surface area (Å²) < 4.78 is 61.4. The van der Waals surface area contributed by atoms with Crippen molar-refractivity contribution in [1.29, 1.82) is 0 Å². The van der Waals surface area contributed by atoms with Crippen LogP contribution in [0.5, 0.6) is 0 Å². The van der Waals surface area contributed by atoms with Gasteiger partial charge in [0, 0.05) is 37.2 Å². The van der Waals surface area contributed by atoms with Crippen molar-refractivity contribution < 1.29 is 27.1 Å². The van der Waals surface area contributed by atoms with E-state index in [1.54, 1.807) is 16.7 Å². The molecule has 1 amide bonds. The Kier molecular flexibility index (Phi) is 8.87. The second-order valence-electron chi connectivity index (χ2n) is 13.0. The number of fused-ring (bicyclic) bond motifs is 1. The number of likely N-dealkylation sites (tertiary alicyclic amines) is 2. The van der Waals surface area contributed by atoms with Crippen LogP contribution in [0.25, 0.3) is 0 Å². The number of piperidine rings is 1. The van der Waals surface area contributed by atoms with Crippen LogP contribution >= 0.6 is 11.8 Å². The van der Waals surface area contributed by atoms with Gasteiger partial charge in [0.1, 0.15) is 17.2 Å². The molecule has 2 saturated heterocycles. The molecule has 1 aromatic carbocycles. The zero-order chi connectivity index (χ0) is 30.3. The van der Waals surface area contributed by atoms with Crippen LogP contribution in [0.4, 0.5) is 22.4 Å². The highest BCUT2D eigenvalue weighted by Crippen LogP contribution is 2.60. The van der Waals surface area contributed by atoms with Gasteiger partial charge in [-0.3, -0.25) is 0 Å². The van der Waals surface area contributed by atoms with Crippen LogP contribution in [0.1, 0.15) is 82.2 Å². The minimum Gasteiger partial charge on any atom is -0.444 e. The first kappa shape index (κ1) is 31.1. The van der Waals surface area contributed by atoms with Gasteiger partial charge >= 0.3 is 12.3 Å². The predicted molar refractivity (Wildman–Crippen MR) is 153 cm³/mol. The Morgan fingerprint density at radius 1 is 1.10 bits per heavy atom. The molecule has 3 fully saturated rings. The quantitative estimate of drug-likeness (QED) is 0.199. The molecule has 5 rings (SSSR count). The Morgan fingerprint density at radius 2 is 1.83 bits per heavy atom. The van der Waals surface area contributed by atoms with Crippen molar-refractivity contribution in [3.63, 3.8) is 0 Å². The number of hydrogen-bond donors (Lipinski definition) is 0. The first-order valence-electron chi connectivity index (χ1n) is 14.9. The maximum Gasteiger partial charge on any atom is 0.416 e. The summed E-state index contributed by atoms with van der Waals surface area (Å²) in [6.07, 6.45) is 0.373. The van der Waals surface area contributed by atoms with Crippen LogP contribution in [-0.2, 0) is 23.4 Å². The van der Waals surface area contributed by atoms with E-state index in [1.165, 1.54) is 6.07 Å². The van der Waals surface area contributed by atoms with Gasteiger partial charge in [-0.25, -0.2) is 9.18 Å². The van der Waals surface area contributed by atoms with Crippen molar-refractivity contribution >= 4 is 17.9 Å². The second-order valence-corrected chi connectivity index (χ2v) is 14.0. The minimum absolute atomic E-state index is 0.251. The van der Waals surface area contributed by atoms with Crippen LogP contribution < -0.4 is 0 Å². The van der Waals surface area contributed by atoms with Crippen LogP contribution in [0.3, 0.4) is 0 Å².